The number of hydrogen-bond donors (Lipinski definition) is 1. The predicted octanol–water partition coefficient (Wildman–Crippen LogP) is 0.195. The third-order valence-corrected chi connectivity index (χ3v) is 6.34. The van der Waals surface area contributed by atoms with Crippen LogP contribution in [-0.4, -0.2) is 54.8 Å². The first kappa shape index (κ1) is 17.5. The van der Waals surface area contributed by atoms with Gasteiger partial charge in [-0.1, -0.05) is 0 Å². The van der Waals surface area contributed by atoms with E-state index in [9.17, 15) is 23.3 Å². The number of nitrogens with two attached hydrogens (primary N) is 1. The Morgan fingerprint density at radius 2 is 2.22 bits per heavy atom. The van der Waals surface area contributed by atoms with Gasteiger partial charge in [-0.2, -0.15) is 16.1 Å². The molecule has 1 aromatic carbocycles. The van der Waals surface area contributed by atoms with Crippen molar-refractivity contribution in [1.29, 1.82) is 0 Å². The van der Waals surface area contributed by atoms with Gasteiger partial charge in [0.15, 0.2) is 4.90 Å². The molecule has 9 nitrogen and oxygen atoms in total. The number of primary amides is 1. The molecule has 0 aromatic heterocycles. The van der Waals surface area contributed by atoms with E-state index >= 15 is 0 Å². The maximum Gasteiger partial charge on any atom is 0.293 e. The number of methoxy groups -OCH3 is 1. The zero-order chi connectivity index (χ0) is 17.2. The summed E-state index contributed by atoms with van der Waals surface area (Å²) in [6.45, 7) is 0.0593. The van der Waals surface area contributed by atoms with Crippen LogP contribution in [0.1, 0.15) is 0 Å². The summed E-state index contributed by atoms with van der Waals surface area (Å²) in [5.41, 5.74) is 4.66. The third-order valence-electron chi connectivity index (χ3n) is 3.36. The summed E-state index contributed by atoms with van der Waals surface area (Å²) in [4.78, 5) is 21.4. The molecule has 23 heavy (non-hydrogen) atoms. The van der Waals surface area contributed by atoms with Crippen LogP contribution in [0.4, 0.5) is 5.69 Å². The van der Waals surface area contributed by atoms with Crippen LogP contribution in [0.2, 0.25) is 0 Å². The Kier molecular flexibility index (Phi) is 5.12. The first-order chi connectivity index (χ1) is 10.8. The number of nitro groups is 1. The highest BCUT2D eigenvalue weighted by atomic mass is 32.2. The topological polar surface area (TPSA) is 133 Å². The van der Waals surface area contributed by atoms with E-state index in [1.807, 2.05) is 0 Å². The van der Waals surface area contributed by atoms with Gasteiger partial charge in [0.05, 0.1) is 18.1 Å². The van der Waals surface area contributed by atoms with Gasteiger partial charge < -0.3 is 10.5 Å². The number of carbonyl (C=O) groups excluding carboxylic acids is 1. The maximum atomic E-state index is 12.8. The highest BCUT2D eigenvalue weighted by Gasteiger charge is 2.40. The summed E-state index contributed by atoms with van der Waals surface area (Å²) >= 11 is 1.40. The molecule has 1 fully saturated rings. The van der Waals surface area contributed by atoms with Gasteiger partial charge in [-0.3, -0.25) is 14.9 Å². The van der Waals surface area contributed by atoms with Crippen LogP contribution in [0.15, 0.2) is 23.1 Å². The average molecular weight is 361 g/mol. The van der Waals surface area contributed by atoms with Gasteiger partial charge in [0.2, 0.25) is 5.91 Å². The lowest BCUT2D eigenvalue weighted by molar-refractivity contribution is -0.387. The lowest BCUT2D eigenvalue weighted by atomic mass is 10.3. The van der Waals surface area contributed by atoms with E-state index in [-0.39, 0.29) is 18.0 Å². The quantitative estimate of drug-likeness (QED) is 0.585. The molecular weight excluding hydrogens is 346 g/mol. The number of amides is 1. The van der Waals surface area contributed by atoms with E-state index in [4.69, 9.17) is 10.5 Å². The van der Waals surface area contributed by atoms with Crippen LogP contribution < -0.4 is 10.5 Å². The van der Waals surface area contributed by atoms with Crippen LogP contribution in [0, 0.1) is 10.1 Å². The molecular formula is C12H15N3O6S2. The second-order valence-electron chi connectivity index (χ2n) is 4.70. The van der Waals surface area contributed by atoms with Gasteiger partial charge in [-0.15, -0.1) is 0 Å². The number of ether oxygens (including phenoxy) is 1. The lowest BCUT2D eigenvalue weighted by Gasteiger charge is -2.32. The fourth-order valence-corrected chi connectivity index (χ4v) is 5.22. The second-order valence-corrected chi connectivity index (χ2v) is 7.71. The Morgan fingerprint density at radius 3 is 2.78 bits per heavy atom. The molecule has 11 heteroatoms. The number of nitrogens with zero attached hydrogens (tertiary/aromatic N) is 2. The van der Waals surface area contributed by atoms with Gasteiger partial charge in [-0.25, -0.2) is 8.42 Å². The van der Waals surface area contributed by atoms with Gasteiger partial charge in [0.25, 0.3) is 15.7 Å². The first-order valence-corrected chi connectivity index (χ1v) is 9.10. The predicted molar refractivity (Wildman–Crippen MR) is 83.8 cm³/mol. The average Bonchev–Trinajstić information content (AvgIpc) is 2.54. The standard InChI is InChI=1S/C12H15N3O6S2/c1-21-8-2-3-11(9(6-8)15(17)18)23(19,20)14-4-5-22-7-10(14)12(13)16/h2-3,6,10H,4-5,7H2,1H3,(H2,13,16). The lowest BCUT2D eigenvalue weighted by Crippen LogP contribution is -2.52. The summed E-state index contributed by atoms with van der Waals surface area (Å²) in [5.74, 6) is 0.0825. The van der Waals surface area contributed by atoms with Crippen LogP contribution in [0.5, 0.6) is 5.75 Å². The van der Waals surface area contributed by atoms with Crippen molar-refractivity contribution < 1.29 is 22.9 Å². The molecule has 1 aliphatic heterocycles. The molecule has 2 rings (SSSR count). The summed E-state index contributed by atoms with van der Waals surface area (Å²) < 4.78 is 31.4. The Hall–Kier alpha value is -1.85. The third kappa shape index (κ3) is 3.41. The van der Waals surface area contributed by atoms with Gasteiger partial charge in [0.1, 0.15) is 11.8 Å². The molecule has 1 aliphatic rings. The number of nitro benzene ring substituents is 1. The minimum Gasteiger partial charge on any atom is -0.497 e. The van der Waals surface area contributed by atoms with Crippen molar-refractivity contribution in [1.82, 2.24) is 4.31 Å². The van der Waals surface area contributed by atoms with Crippen molar-refractivity contribution in [2.45, 2.75) is 10.9 Å². The van der Waals surface area contributed by atoms with Crippen molar-refractivity contribution in [3.63, 3.8) is 0 Å². The van der Waals surface area contributed by atoms with Gasteiger partial charge in [0, 0.05) is 18.1 Å². The smallest absolute Gasteiger partial charge is 0.293 e. The van der Waals surface area contributed by atoms with Gasteiger partial charge >= 0.3 is 0 Å². The molecule has 1 unspecified atom stereocenters. The highest BCUT2D eigenvalue weighted by molar-refractivity contribution is 7.99. The Labute approximate surface area is 137 Å². The monoisotopic (exact) mass is 361 g/mol. The number of hydrogen-bond acceptors (Lipinski definition) is 7. The normalized spacial score (nSPS) is 19.3. The molecule has 0 saturated carbocycles. The second kappa shape index (κ2) is 6.72. The van der Waals surface area contributed by atoms with Crippen molar-refractivity contribution in [3.8, 4) is 5.75 Å². The number of carbonyl (C=O) groups is 1. The fraction of sp³-hybridized carbons (Fsp3) is 0.417. The van der Waals surface area contributed by atoms with E-state index in [1.54, 1.807) is 0 Å². The molecule has 126 valence electrons. The molecule has 0 radical (unpaired) electrons. The molecule has 1 amide bonds. The number of benzene rings is 1. The summed E-state index contributed by atoms with van der Waals surface area (Å²) in [7, 11) is -2.92. The SMILES string of the molecule is COc1ccc(S(=O)(=O)N2CCSCC2C(N)=O)c([N+](=O)[O-])c1. The summed E-state index contributed by atoms with van der Waals surface area (Å²) in [6, 6.07) is 2.43. The van der Waals surface area contributed by atoms with E-state index < -0.39 is 37.5 Å². The van der Waals surface area contributed by atoms with Crippen molar-refractivity contribution in [2.24, 2.45) is 5.73 Å². The maximum absolute atomic E-state index is 12.8. The van der Waals surface area contributed by atoms with Crippen LogP contribution >= 0.6 is 11.8 Å². The van der Waals surface area contributed by atoms with Crippen LogP contribution in [-0.2, 0) is 14.8 Å². The molecule has 1 atom stereocenters. The Morgan fingerprint density at radius 1 is 1.52 bits per heavy atom. The van der Waals surface area contributed by atoms with Crippen LogP contribution in [0.25, 0.3) is 0 Å². The molecule has 0 aliphatic carbocycles. The first-order valence-electron chi connectivity index (χ1n) is 6.50. The van der Waals surface area contributed by atoms with Crippen molar-refractivity contribution >= 4 is 33.4 Å². The fourth-order valence-electron chi connectivity index (χ4n) is 2.21. The van der Waals surface area contributed by atoms with Crippen molar-refractivity contribution in [3.05, 3.63) is 28.3 Å². The van der Waals surface area contributed by atoms with Crippen LogP contribution in [0.3, 0.4) is 0 Å². The molecule has 1 heterocycles. The zero-order valence-corrected chi connectivity index (χ0v) is 13.8. The molecule has 0 spiro atoms. The minimum atomic E-state index is -4.23. The van der Waals surface area contributed by atoms with Crippen molar-refractivity contribution in [2.75, 3.05) is 25.2 Å². The van der Waals surface area contributed by atoms with Gasteiger partial charge in [-0.05, 0) is 12.1 Å². The van der Waals surface area contributed by atoms with E-state index in [2.05, 4.69) is 0 Å². The minimum absolute atomic E-state index is 0.0593. The Balaban J connectivity index is 2.54. The van der Waals surface area contributed by atoms with E-state index in [0.717, 1.165) is 16.4 Å². The zero-order valence-electron chi connectivity index (χ0n) is 12.2. The molecule has 1 aromatic rings. The molecule has 2 N–H and O–H groups in total. The van der Waals surface area contributed by atoms with E-state index in [1.165, 1.54) is 24.9 Å². The van der Waals surface area contributed by atoms with E-state index in [0.29, 0.717) is 5.75 Å². The Bertz CT molecular complexity index is 736. The number of thioether (sulfide) groups is 1. The highest BCUT2D eigenvalue weighted by Crippen LogP contribution is 2.32. The molecule has 0 bridgehead atoms. The summed E-state index contributed by atoms with van der Waals surface area (Å²) in [6.07, 6.45) is 0. The largest absolute Gasteiger partial charge is 0.497 e. The number of sulfonamides is 1. The number of rotatable bonds is 5. The summed E-state index contributed by atoms with van der Waals surface area (Å²) in [5, 5.41) is 11.2. The molecule has 1 saturated heterocycles.